The molecule has 2 rings (SSSR count). The maximum atomic E-state index is 13.7. The molecule has 25 heavy (non-hydrogen) atoms. The van der Waals surface area contributed by atoms with E-state index in [9.17, 15) is 19.1 Å². The number of halogens is 1. The van der Waals surface area contributed by atoms with E-state index in [0.717, 1.165) is 6.07 Å². The minimum atomic E-state index is -1.25. The molecule has 5 nitrogen and oxygen atoms in total. The van der Waals surface area contributed by atoms with Crippen LogP contribution >= 0.6 is 0 Å². The van der Waals surface area contributed by atoms with Crippen molar-refractivity contribution in [3.8, 4) is 5.75 Å². The first kappa shape index (κ1) is 18.4. The standard InChI is InChI=1S/C19H20FNO4/c1-3-19(18(23)24,14-7-5-4-6-8-14)12-21-17(22)13-9-10-16(25-2)15(20)11-13/h4-11H,3,12H2,1-2H3,(H,21,22)(H,23,24). The van der Waals surface area contributed by atoms with Crippen LogP contribution in [0.2, 0.25) is 0 Å². The predicted molar refractivity (Wildman–Crippen MR) is 91.3 cm³/mol. The molecular weight excluding hydrogens is 325 g/mol. The van der Waals surface area contributed by atoms with E-state index in [2.05, 4.69) is 5.32 Å². The fourth-order valence-corrected chi connectivity index (χ4v) is 2.68. The third kappa shape index (κ3) is 3.79. The summed E-state index contributed by atoms with van der Waals surface area (Å²) in [4.78, 5) is 24.2. The zero-order valence-electron chi connectivity index (χ0n) is 14.1. The maximum absolute atomic E-state index is 13.7. The summed E-state index contributed by atoms with van der Waals surface area (Å²) in [5.41, 5.74) is -0.546. The number of rotatable bonds is 7. The fourth-order valence-electron chi connectivity index (χ4n) is 2.68. The van der Waals surface area contributed by atoms with Gasteiger partial charge in [0.2, 0.25) is 0 Å². The van der Waals surface area contributed by atoms with Crippen molar-refractivity contribution in [3.05, 3.63) is 65.5 Å². The highest BCUT2D eigenvalue weighted by molar-refractivity contribution is 5.95. The number of ether oxygens (including phenoxy) is 1. The van der Waals surface area contributed by atoms with E-state index in [1.54, 1.807) is 37.3 Å². The summed E-state index contributed by atoms with van der Waals surface area (Å²) < 4.78 is 18.6. The minimum absolute atomic E-state index is 0.0364. The highest BCUT2D eigenvalue weighted by atomic mass is 19.1. The maximum Gasteiger partial charge on any atom is 0.315 e. The van der Waals surface area contributed by atoms with Crippen LogP contribution in [-0.2, 0) is 10.2 Å². The van der Waals surface area contributed by atoms with Gasteiger partial charge in [0.25, 0.3) is 5.91 Å². The van der Waals surface area contributed by atoms with E-state index < -0.39 is 23.1 Å². The average Bonchev–Trinajstić information content (AvgIpc) is 2.63. The van der Waals surface area contributed by atoms with E-state index in [1.807, 2.05) is 0 Å². The van der Waals surface area contributed by atoms with Crippen LogP contribution in [0.15, 0.2) is 48.5 Å². The quantitative estimate of drug-likeness (QED) is 0.809. The Morgan fingerprint density at radius 1 is 1.20 bits per heavy atom. The number of carbonyl (C=O) groups is 2. The summed E-state index contributed by atoms with van der Waals surface area (Å²) in [6.07, 6.45) is 0.295. The predicted octanol–water partition coefficient (Wildman–Crippen LogP) is 3.00. The molecule has 0 fully saturated rings. The van der Waals surface area contributed by atoms with Gasteiger partial charge in [-0.1, -0.05) is 37.3 Å². The molecule has 0 spiro atoms. The first-order valence-electron chi connectivity index (χ1n) is 7.85. The summed E-state index contributed by atoms with van der Waals surface area (Å²) in [5, 5.41) is 12.4. The number of methoxy groups -OCH3 is 1. The summed E-state index contributed by atoms with van der Waals surface area (Å²) in [6, 6.07) is 12.6. The van der Waals surface area contributed by atoms with Crippen LogP contribution in [0, 0.1) is 5.82 Å². The van der Waals surface area contributed by atoms with Crippen LogP contribution in [0.4, 0.5) is 4.39 Å². The van der Waals surface area contributed by atoms with Gasteiger partial charge in [0.1, 0.15) is 5.41 Å². The molecule has 0 heterocycles. The lowest BCUT2D eigenvalue weighted by atomic mass is 9.78. The highest BCUT2D eigenvalue weighted by Crippen LogP contribution is 2.28. The van der Waals surface area contributed by atoms with Crippen molar-refractivity contribution in [1.29, 1.82) is 0 Å². The van der Waals surface area contributed by atoms with Gasteiger partial charge in [-0.3, -0.25) is 9.59 Å². The molecule has 0 aliphatic rings. The van der Waals surface area contributed by atoms with Gasteiger partial charge in [-0.2, -0.15) is 0 Å². The molecule has 0 aliphatic heterocycles. The number of carboxylic acids is 1. The third-order valence-electron chi connectivity index (χ3n) is 4.30. The Bertz CT molecular complexity index is 763. The molecule has 2 aromatic carbocycles. The van der Waals surface area contributed by atoms with E-state index in [1.165, 1.54) is 19.2 Å². The van der Waals surface area contributed by atoms with Gasteiger partial charge in [-0.25, -0.2) is 4.39 Å². The molecule has 6 heteroatoms. The molecule has 132 valence electrons. The molecule has 0 aliphatic carbocycles. The molecule has 2 N–H and O–H groups in total. The number of aliphatic carboxylic acids is 1. The van der Waals surface area contributed by atoms with E-state index in [4.69, 9.17) is 4.74 Å². The highest BCUT2D eigenvalue weighted by Gasteiger charge is 2.39. The van der Waals surface area contributed by atoms with Gasteiger partial charge in [0.15, 0.2) is 11.6 Å². The lowest BCUT2D eigenvalue weighted by Crippen LogP contribution is -2.46. The molecule has 1 atom stereocenters. The summed E-state index contributed by atoms with van der Waals surface area (Å²) in [7, 11) is 1.33. The Kier molecular flexibility index (Phi) is 5.75. The Hall–Kier alpha value is -2.89. The second kappa shape index (κ2) is 7.79. The number of nitrogens with one attached hydrogen (secondary N) is 1. The average molecular weight is 345 g/mol. The molecule has 0 saturated carbocycles. The van der Waals surface area contributed by atoms with Crippen molar-refractivity contribution in [2.24, 2.45) is 0 Å². The normalized spacial score (nSPS) is 12.9. The summed E-state index contributed by atoms with van der Waals surface area (Å²) >= 11 is 0. The molecule has 1 amide bonds. The fraction of sp³-hybridized carbons (Fsp3) is 0.263. The van der Waals surface area contributed by atoms with Crippen molar-refractivity contribution in [2.75, 3.05) is 13.7 Å². The molecule has 0 bridgehead atoms. The van der Waals surface area contributed by atoms with Crippen molar-refractivity contribution < 1.29 is 23.8 Å². The van der Waals surface area contributed by atoms with Gasteiger partial charge in [-0.05, 0) is 30.2 Å². The van der Waals surface area contributed by atoms with Crippen LogP contribution in [0.5, 0.6) is 5.75 Å². The van der Waals surface area contributed by atoms with Gasteiger partial charge >= 0.3 is 5.97 Å². The molecule has 0 radical (unpaired) electrons. The van der Waals surface area contributed by atoms with Gasteiger partial charge in [-0.15, -0.1) is 0 Å². The van der Waals surface area contributed by atoms with Gasteiger partial charge < -0.3 is 15.2 Å². The Balaban J connectivity index is 2.22. The van der Waals surface area contributed by atoms with Crippen molar-refractivity contribution in [1.82, 2.24) is 5.32 Å². The molecule has 0 saturated heterocycles. The van der Waals surface area contributed by atoms with Gasteiger partial charge in [0, 0.05) is 12.1 Å². The number of hydrogen-bond donors (Lipinski definition) is 2. The van der Waals surface area contributed by atoms with Crippen LogP contribution in [0.3, 0.4) is 0 Å². The zero-order chi connectivity index (χ0) is 18.4. The van der Waals surface area contributed by atoms with E-state index in [0.29, 0.717) is 12.0 Å². The largest absolute Gasteiger partial charge is 0.494 e. The monoisotopic (exact) mass is 345 g/mol. The molecule has 0 aromatic heterocycles. The van der Waals surface area contributed by atoms with E-state index >= 15 is 0 Å². The first-order chi connectivity index (χ1) is 11.9. The summed E-state index contributed by atoms with van der Waals surface area (Å²) in [5.74, 6) is -2.19. The van der Waals surface area contributed by atoms with Crippen LogP contribution in [0.25, 0.3) is 0 Å². The summed E-state index contributed by atoms with van der Waals surface area (Å²) in [6.45, 7) is 1.65. The van der Waals surface area contributed by atoms with E-state index in [-0.39, 0.29) is 17.9 Å². The Labute approximate surface area is 145 Å². The van der Waals surface area contributed by atoms with Crippen molar-refractivity contribution >= 4 is 11.9 Å². The lowest BCUT2D eigenvalue weighted by molar-refractivity contribution is -0.143. The second-order valence-electron chi connectivity index (χ2n) is 5.64. The smallest absolute Gasteiger partial charge is 0.315 e. The number of carbonyl (C=O) groups excluding carboxylic acids is 1. The van der Waals surface area contributed by atoms with Crippen LogP contribution in [0.1, 0.15) is 29.3 Å². The Morgan fingerprint density at radius 3 is 2.40 bits per heavy atom. The number of benzene rings is 2. The Morgan fingerprint density at radius 2 is 1.88 bits per heavy atom. The molecule has 1 unspecified atom stereocenters. The number of amides is 1. The number of hydrogen-bond acceptors (Lipinski definition) is 3. The molecule has 2 aromatic rings. The zero-order valence-corrected chi connectivity index (χ0v) is 14.1. The third-order valence-corrected chi connectivity index (χ3v) is 4.30. The second-order valence-corrected chi connectivity index (χ2v) is 5.64. The van der Waals surface area contributed by atoms with Gasteiger partial charge in [0.05, 0.1) is 7.11 Å². The van der Waals surface area contributed by atoms with Crippen LogP contribution < -0.4 is 10.1 Å². The van der Waals surface area contributed by atoms with Crippen molar-refractivity contribution in [2.45, 2.75) is 18.8 Å². The lowest BCUT2D eigenvalue weighted by Gasteiger charge is -2.29. The molecular formula is C19H20FNO4. The van der Waals surface area contributed by atoms with Crippen molar-refractivity contribution in [3.63, 3.8) is 0 Å². The minimum Gasteiger partial charge on any atom is -0.494 e. The number of carboxylic acid groups (broad SMARTS) is 1. The topological polar surface area (TPSA) is 75.6 Å². The first-order valence-corrected chi connectivity index (χ1v) is 7.85. The SMILES string of the molecule is CCC(CNC(=O)c1ccc(OC)c(F)c1)(C(=O)O)c1ccccc1. The van der Waals surface area contributed by atoms with Crippen LogP contribution in [-0.4, -0.2) is 30.6 Å².